The van der Waals surface area contributed by atoms with Crippen molar-refractivity contribution >= 4 is 33.2 Å². The zero-order chi connectivity index (χ0) is 23.7. The van der Waals surface area contributed by atoms with Crippen LogP contribution in [-0.2, 0) is 13.1 Å². The number of aromatic nitrogens is 2. The van der Waals surface area contributed by atoms with Gasteiger partial charge < -0.3 is 18.9 Å². The Balaban J connectivity index is 1.24. The number of nitrogens with zero attached hydrogens (tertiary/aromatic N) is 4. The van der Waals surface area contributed by atoms with E-state index in [-0.39, 0.29) is 0 Å². The summed E-state index contributed by atoms with van der Waals surface area (Å²) in [6, 6.07) is 18.6. The molecule has 5 rings (SSSR count). The van der Waals surface area contributed by atoms with Gasteiger partial charge in [0, 0.05) is 84.8 Å². The number of hydrogen-bond acceptors (Lipinski definition) is 2. The minimum Gasteiger partial charge on any atom is -0.368 e. The fourth-order valence-corrected chi connectivity index (χ4v) is 5.18. The maximum absolute atomic E-state index is 2.54. The van der Waals surface area contributed by atoms with Crippen LogP contribution in [0.1, 0.15) is 40.5 Å². The molecule has 0 spiro atoms. The summed E-state index contributed by atoms with van der Waals surface area (Å²) in [7, 11) is 0. The second-order valence-electron chi connectivity index (χ2n) is 10.8. The molecular formula is C30H40N4. The molecule has 2 aromatic carbocycles. The van der Waals surface area contributed by atoms with Crippen LogP contribution in [-0.4, -0.2) is 35.3 Å². The third-order valence-corrected chi connectivity index (χ3v) is 7.41. The van der Waals surface area contributed by atoms with E-state index in [0.29, 0.717) is 0 Å². The number of benzene rings is 2. The largest absolute Gasteiger partial charge is 0.368 e. The average Bonchev–Trinajstić information content (AvgIpc) is 3.44. The van der Waals surface area contributed by atoms with Crippen molar-refractivity contribution in [1.82, 2.24) is 9.13 Å². The molecule has 180 valence electrons. The van der Waals surface area contributed by atoms with Crippen LogP contribution in [0, 0.1) is 11.8 Å². The molecule has 4 nitrogen and oxygen atoms in total. The lowest BCUT2D eigenvalue weighted by atomic mass is 10.1. The van der Waals surface area contributed by atoms with Crippen molar-refractivity contribution in [3.05, 3.63) is 60.9 Å². The molecule has 2 aromatic heterocycles. The highest BCUT2D eigenvalue weighted by atomic mass is 15.3. The van der Waals surface area contributed by atoms with Crippen LogP contribution < -0.4 is 9.80 Å². The Morgan fingerprint density at radius 2 is 1.00 bits per heavy atom. The Morgan fingerprint density at radius 3 is 1.38 bits per heavy atom. The highest BCUT2D eigenvalue weighted by Crippen LogP contribution is 2.28. The number of aryl methyl sites for hydroxylation is 2. The first-order valence-electron chi connectivity index (χ1n) is 13.2. The van der Waals surface area contributed by atoms with Gasteiger partial charge in [-0.3, -0.25) is 0 Å². The molecule has 0 aliphatic carbocycles. The van der Waals surface area contributed by atoms with Crippen molar-refractivity contribution in [1.29, 1.82) is 0 Å². The minimum atomic E-state index is 0.735. The third kappa shape index (κ3) is 4.82. The van der Waals surface area contributed by atoms with E-state index < -0.39 is 0 Å². The number of rotatable bonds is 8. The second kappa shape index (κ2) is 9.77. The zero-order valence-electron chi connectivity index (χ0n) is 21.4. The molecule has 0 saturated carbocycles. The summed E-state index contributed by atoms with van der Waals surface area (Å²) in [5, 5.41) is 2.72. The molecule has 0 bridgehead atoms. The molecule has 1 fully saturated rings. The van der Waals surface area contributed by atoms with Gasteiger partial charge in [-0.25, -0.2) is 0 Å². The predicted octanol–water partition coefficient (Wildman–Crippen LogP) is 7.01. The quantitative estimate of drug-likeness (QED) is 0.283. The summed E-state index contributed by atoms with van der Waals surface area (Å²) < 4.78 is 4.81. The van der Waals surface area contributed by atoms with Crippen LogP contribution in [0.2, 0.25) is 0 Å². The Labute approximate surface area is 204 Å². The van der Waals surface area contributed by atoms with E-state index >= 15 is 0 Å². The van der Waals surface area contributed by atoms with Crippen LogP contribution in [0.4, 0.5) is 11.4 Å². The van der Waals surface area contributed by atoms with Crippen LogP contribution in [0.15, 0.2) is 60.9 Å². The lowest BCUT2D eigenvalue weighted by molar-refractivity contribution is 0.524. The van der Waals surface area contributed by atoms with Crippen molar-refractivity contribution in [3.63, 3.8) is 0 Å². The smallest absolute Gasteiger partial charge is 0.0481 e. The molecule has 0 radical (unpaired) electrons. The van der Waals surface area contributed by atoms with Gasteiger partial charge in [0.25, 0.3) is 0 Å². The maximum Gasteiger partial charge on any atom is 0.0481 e. The number of hydrogen-bond donors (Lipinski definition) is 0. The number of fused-ring (bicyclic) bond motifs is 2. The van der Waals surface area contributed by atoms with Gasteiger partial charge in [0.1, 0.15) is 0 Å². The van der Waals surface area contributed by atoms with E-state index in [4.69, 9.17) is 0 Å². The fourth-order valence-electron chi connectivity index (χ4n) is 5.18. The van der Waals surface area contributed by atoms with Gasteiger partial charge >= 0.3 is 0 Å². The average molecular weight is 457 g/mol. The number of anilines is 2. The summed E-state index contributed by atoms with van der Waals surface area (Å²) in [6.07, 6.45) is 6.95. The van der Waals surface area contributed by atoms with Crippen LogP contribution in [0.5, 0.6) is 0 Å². The molecule has 0 amide bonds. The maximum atomic E-state index is 2.54. The van der Waals surface area contributed by atoms with Gasteiger partial charge in [-0.1, -0.05) is 27.7 Å². The molecule has 0 atom stereocenters. The van der Waals surface area contributed by atoms with Crippen molar-refractivity contribution in [3.8, 4) is 0 Å². The summed E-state index contributed by atoms with van der Waals surface area (Å²) in [5.41, 5.74) is 5.42. The van der Waals surface area contributed by atoms with Gasteiger partial charge in [0.2, 0.25) is 0 Å². The summed E-state index contributed by atoms with van der Waals surface area (Å²) in [5.74, 6) is 1.47. The zero-order valence-corrected chi connectivity index (χ0v) is 21.4. The van der Waals surface area contributed by atoms with E-state index in [0.717, 1.165) is 51.1 Å². The molecule has 34 heavy (non-hydrogen) atoms. The number of piperazine rings is 1. The standard InChI is InChI=1S/C30H40N4/c1-23(2)9-13-33-15-11-25-21-27(5-7-29(25)33)31-17-19-32(20-18-31)28-6-8-30-26(22-28)12-16-34(30)14-10-24(3)4/h5-8,11-12,15-16,21-24H,9-10,13-14,17-20H2,1-4H3. The first-order chi connectivity index (χ1) is 16.5. The highest BCUT2D eigenvalue weighted by molar-refractivity contribution is 5.85. The minimum absolute atomic E-state index is 0.735. The van der Waals surface area contributed by atoms with Crippen molar-refractivity contribution < 1.29 is 0 Å². The van der Waals surface area contributed by atoms with Gasteiger partial charge in [-0.15, -0.1) is 0 Å². The van der Waals surface area contributed by atoms with Crippen molar-refractivity contribution in [2.45, 2.75) is 53.6 Å². The topological polar surface area (TPSA) is 16.3 Å². The van der Waals surface area contributed by atoms with Gasteiger partial charge in [0.05, 0.1) is 0 Å². The van der Waals surface area contributed by atoms with Gasteiger partial charge in [-0.2, -0.15) is 0 Å². The molecule has 0 N–H and O–H groups in total. The van der Waals surface area contributed by atoms with Gasteiger partial charge in [0.15, 0.2) is 0 Å². The fraction of sp³-hybridized carbons (Fsp3) is 0.467. The first-order valence-corrected chi connectivity index (χ1v) is 13.2. The Morgan fingerprint density at radius 1 is 0.588 bits per heavy atom. The van der Waals surface area contributed by atoms with Gasteiger partial charge in [-0.05, 0) is 73.2 Å². The van der Waals surface area contributed by atoms with Crippen molar-refractivity contribution in [2.75, 3.05) is 36.0 Å². The summed E-state index contributed by atoms with van der Waals surface area (Å²) in [4.78, 5) is 5.09. The lowest BCUT2D eigenvalue weighted by Crippen LogP contribution is -2.46. The molecule has 3 heterocycles. The molecular weight excluding hydrogens is 416 g/mol. The van der Waals surface area contributed by atoms with E-state index in [9.17, 15) is 0 Å². The molecule has 1 saturated heterocycles. The predicted molar refractivity (Wildman–Crippen MR) is 147 cm³/mol. The molecule has 4 heteroatoms. The first kappa shape index (κ1) is 22.9. The Hall–Kier alpha value is -2.88. The summed E-state index contributed by atoms with van der Waals surface area (Å²) in [6.45, 7) is 15.6. The Bertz CT molecular complexity index is 1140. The van der Waals surface area contributed by atoms with Crippen molar-refractivity contribution in [2.24, 2.45) is 11.8 Å². The van der Waals surface area contributed by atoms with E-state index in [2.05, 4.69) is 108 Å². The molecule has 1 aliphatic rings. The molecule has 4 aromatic rings. The monoisotopic (exact) mass is 456 g/mol. The van der Waals surface area contributed by atoms with Crippen LogP contribution in [0.3, 0.4) is 0 Å². The Kier molecular flexibility index (Phi) is 6.58. The van der Waals surface area contributed by atoms with Crippen LogP contribution in [0.25, 0.3) is 21.8 Å². The molecule has 0 unspecified atom stereocenters. The summed E-state index contributed by atoms with van der Waals surface area (Å²) >= 11 is 0. The van der Waals surface area contributed by atoms with E-state index in [1.54, 1.807) is 0 Å². The molecule has 1 aliphatic heterocycles. The van der Waals surface area contributed by atoms with E-state index in [1.807, 2.05) is 0 Å². The second-order valence-corrected chi connectivity index (χ2v) is 10.8. The normalized spacial score (nSPS) is 14.9. The highest BCUT2D eigenvalue weighted by Gasteiger charge is 2.19. The van der Waals surface area contributed by atoms with Crippen LogP contribution >= 0.6 is 0 Å². The third-order valence-electron chi connectivity index (χ3n) is 7.41. The SMILES string of the molecule is CC(C)CCn1ccc2cc(N3CCN(c4ccc5c(ccn5CCC(C)C)c4)CC3)ccc21. The van der Waals surface area contributed by atoms with E-state index in [1.165, 1.54) is 46.0 Å². The lowest BCUT2D eigenvalue weighted by Gasteiger charge is -2.37.